The summed E-state index contributed by atoms with van der Waals surface area (Å²) < 4.78 is 0. The van der Waals surface area contributed by atoms with Crippen molar-refractivity contribution in [3.05, 3.63) is 0 Å². The van der Waals surface area contributed by atoms with E-state index in [4.69, 9.17) is 0 Å². The Kier molecular flexibility index (Phi) is 1.02. The molecule has 0 aromatic rings. The molecule has 2 aliphatic rings. The fourth-order valence-corrected chi connectivity index (χ4v) is 2.25. The quantitative estimate of drug-likeness (QED) is 0.399. The van der Waals surface area contributed by atoms with Gasteiger partial charge in [0.05, 0.1) is 5.41 Å². The first-order chi connectivity index (χ1) is 4.77. The van der Waals surface area contributed by atoms with Crippen LogP contribution >= 0.6 is 0 Å². The van der Waals surface area contributed by atoms with Gasteiger partial charge in [-0.2, -0.15) is 0 Å². The Labute approximate surface area is 59.6 Å². The number of carbonyl (C=O) groups is 2. The third-order valence-corrected chi connectivity index (χ3v) is 2.91. The van der Waals surface area contributed by atoms with Crippen molar-refractivity contribution < 1.29 is 9.59 Å². The molecule has 0 N–H and O–H groups in total. The van der Waals surface area contributed by atoms with Gasteiger partial charge in [-0.15, -0.1) is 0 Å². The highest BCUT2D eigenvalue weighted by Crippen LogP contribution is 2.50. The smallest absolute Gasteiger partial charge is 0.146 e. The minimum atomic E-state index is -0.509. The van der Waals surface area contributed by atoms with Crippen LogP contribution in [0.2, 0.25) is 0 Å². The van der Waals surface area contributed by atoms with Crippen LogP contribution in [-0.4, -0.2) is 12.1 Å². The molecule has 0 heterocycles. The zero-order valence-electron chi connectivity index (χ0n) is 5.80. The van der Waals surface area contributed by atoms with Crippen LogP contribution in [0.4, 0.5) is 0 Å². The van der Waals surface area contributed by atoms with Crippen LogP contribution in [-0.2, 0) is 9.59 Å². The number of fused-ring (bicyclic) bond motifs is 2. The summed E-state index contributed by atoms with van der Waals surface area (Å²) >= 11 is 0. The number of rotatable bonds is 1. The lowest BCUT2D eigenvalue weighted by Crippen LogP contribution is -2.26. The number of carbonyl (C=O) groups excluding carboxylic acids is 2. The van der Waals surface area contributed by atoms with Crippen molar-refractivity contribution >= 4 is 12.1 Å². The lowest BCUT2D eigenvalue weighted by atomic mass is 9.85. The molecule has 0 spiro atoms. The van der Waals surface area contributed by atoms with Crippen molar-refractivity contribution in [2.24, 2.45) is 11.3 Å². The van der Waals surface area contributed by atoms with E-state index in [1.54, 1.807) is 0 Å². The lowest BCUT2D eigenvalue weighted by Gasteiger charge is -2.15. The van der Waals surface area contributed by atoms with Crippen molar-refractivity contribution in [2.45, 2.75) is 25.7 Å². The van der Waals surface area contributed by atoms with Gasteiger partial charge in [-0.05, 0) is 25.2 Å². The Morgan fingerprint density at radius 2 is 2.40 bits per heavy atom. The van der Waals surface area contributed by atoms with Gasteiger partial charge in [0, 0.05) is 6.42 Å². The van der Waals surface area contributed by atoms with E-state index in [2.05, 4.69) is 0 Å². The molecule has 0 aromatic heterocycles. The van der Waals surface area contributed by atoms with Gasteiger partial charge in [0.1, 0.15) is 12.1 Å². The number of aldehydes is 1. The summed E-state index contributed by atoms with van der Waals surface area (Å²) in [5, 5.41) is 0. The summed E-state index contributed by atoms with van der Waals surface area (Å²) in [4.78, 5) is 21.7. The molecular formula is C8H10O2. The SMILES string of the molecule is O=C[C@]12CC[C@@H](CC1=O)C2. The standard InChI is InChI=1S/C8H10O2/c9-5-8-2-1-6(4-8)3-7(8)10/h5-6H,1-4H2/t6-,8+/m0/s1. The Morgan fingerprint density at radius 1 is 1.60 bits per heavy atom. The number of hydrogen-bond donors (Lipinski definition) is 0. The van der Waals surface area contributed by atoms with E-state index < -0.39 is 5.41 Å². The van der Waals surface area contributed by atoms with Gasteiger partial charge in [0.15, 0.2) is 0 Å². The first-order valence-corrected chi connectivity index (χ1v) is 3.76. The second kappa shape index (κ2) is 1.68. The fraction of sp³-hybridized carbons (Fsp3) is 0.750. The third-order valence-electron chi connectivity index (χ3n) is 2.91. The third kappa shape index (κ3) is 0.542. The van der Waals surface area contributed by atoms with E-state index in [9.17, 15) is 9.59 Å². The second-order valence-corrected chi connectivity index (χ2v) is 3.51. The van der Waals surface area contributed by atoms with Crippen LogP contribution in [0.3, 0.4) is 0 Å². The minimum absolute atomic E-state index is 0.193. The van der Waals surface area contributed by atoms with Gasteiger partial charge in [-0.25, -0.2) is 0 Å². The molecule has 0 aromatic carbocycles. The topological polar surface area (TPSA) is 34.1 Å². The predicted octanol–water partition coefficient (Wildman–Crippen LogP) is 0.945. The van der Waals surface area contributed by atoms with Gasteiger partial charge in [-0.1, -0.05) is 0 Å². The van der Waals surface area contributed by atoms with Crippen molar-refractivity contribution in [2.75, 3.05) is 0 Å². The fourth-order valence-electron chi connectivity index (χ4n) is 2.25. The highest BCUT2D eigenvalue weighted by molar-refractivity contribution is 6.00. The molecule has 2 aliphatic carbocycles. The molecule has 0 unspecified atom stereocenters. The van der Waals surface area contributed by atoms with E-state index in [0.29, 0.717) is 12.3 Å². The number of Topliss-reactive ketones (excluding diaryl/α,β-unsaturated/α-hetero) is 1. The molecule has 2 saturated carbocycles. The highest BCUT2D eigenvalue weighted by atomic mass is 16.1. The van der Waals surface area contributed by atoms with Crippen LogP contribution in [0.15, 0.2) is 0 Å². The summed E-state index contributed by atoms with van der Waals surface area (Å²) in [5.41, 5.74) is -0.509. The largest absolute Gasteiger partial charge is 0.302 e. The van der Waals surface area contributed by atoms with Crippen molar-refractivity contribution in [3.8, 4) is 0 Å². The Morgan fingerprint density at radius 3 is 2.70 bits per heavy atom. The number of hydrogen-bond acceptors (Lipinski definition) is 2. The summed E-state index contributed by atoms with van der Waals surface area (Å²) in [6.45, 7) is 0. The molecule has 2 rings (SSSR count). The second-order valence-electron chi connectivity index (χ2n) is 3.51. The Hall–Kier alpha value is -0.660. The first-order valence-electron chi connectivity index (χ1n) is 3.76. The molecule has 0 saturated heterocycles. The summed E-state index contributed by atoms with van der Waals surface area (Å²) in [6.07, 6.45) is 4.29. The Bertz CT molecular complexity index is 197. The molecule has 2 bridgehead atoms. The highest BCUT2D eigenvalue weighted by Gasteiger charge is 2.51. The van der Waals surface area contributed by atoms with Gasteiger partial charge < -0.3 is 4.79 Å². The van der Waals surface area contributed by atoms with Crippen LogP contribution < -0.4 is 0 Å². The molecule has 2 fully saturated rings. The molecule has 2 nitrogen and oxygen atoms in total. The van der Waals surface area contributed by atoms with Crippen LogP contribution in [0.25, 0.3) is 0 Å². The van der Waals surface area contributed by atoms with Gasteiger partial charge in [-0.3, -0.25) is 4.79 Å². The first kappa shape index (κ1) is 6.08. The molecule has 54 valence electrons. The summed E-state index contributed by atoms with van der Waals surface area (Å²) in [7, 11) is 0. The predicted molar refractivity (Wildman–Crippen MR) is 35.5 cm³/mol. The van der Waals surface area contributed by atoms with Crippen LogP contribution in [0.5, 0.6) is 0 Å². The average molecular weight is 138 g/mol. The Balaban J connectivity index is 2.35. The molecule has 0 radical (unpaired) electrons. The zero-order chi connectivity index (χ0) is 7.19. The summed E-state index contributed by atoms with van der Waals surface area (Å²) in [5.74, 6) is 0.733. The molecular weight excluding hydrogens is 128 g/mol. The van der Waals surface area contributed by atoms with E-state index >= 15 is 0 Å². The minimum Gasteiger partial charge on any atom is -0.302 e. The maximum absolute atomic E-state index is 11.2. The van der Waals surface area contributed by atoms with Gasteiger partial charge in [0.25, 0.3) is 0 Å². The van der Waals surface area contributed by atoms with Crippen molar-refractivity contribution in [3.63, 3.8) is 0 Å². The van der Waals surface area contributed by atoms with Crippen LogP contribution in [0, 0.1) is 11.3 Å². The summed E-state index contributed by atoms with van der Waals surface area (Å²) in [6, 6.07) is 0. The normalized spacial score (nSPS) is 44.4. The average Bonchev–Trinajstić information content (AvgIpc) is 2.44. The lowest BCUT2D eigenvalue weighted by molar-refractivity contribution is -0.132. The molecule has 0 amide bonds. The van der Waals surface area contributed by atoms with Crippen molar-refractivity contribution in [1.82, 2.24) is 0 Å². The molecule has 2 heteroatoms. The molecule has 10 heavy (non-hydrogen) atoms. The van der Waals surface area contributed by atoms with Gasteiger partial charge >= 0.3 is 0 Å². The van der Waals surface area contributed by atoms with Gasteiger partial charge in [0.2, 0.25) is 0 Å². The van der Waals surface area contributed by atoms with Crippen molar-refractivity contribution in [1.29, 1.82) is 0 Å². The van der Waals surface area contributed by atoms with E-state index in [1.807, 2.05) is 0 Å². The van der Waals surface area contributed by atoms with E-state index in [-0.39, 0.29) is 5.78 Å². The molecule has 2 atom stereocenters. The monoisotopic (exact) mass is 138 g/mol. The zero-order valence-corrected chi connectivity index (χ0v) is 5.80. The number of ketones is 1. The van der Waals surface area contributed by atoms with E-state index in [1.165, 1.54) is 0 Å². The maximum atomic E-state index is 11.2. The van der Waals surface area contributed by atoms with E-state index in [0.717, 1.165) is 25.5 Å². The maximum Gasteiger partial charge on any atom is 0.146 e. The molecule has 0 aliphatic heterocycles. The van der Waals surface area contributed by atoms with Crippen LogP contribution in [0.1, 0.15) is 25.7 Å².